The molecule has 0 amide bonds. The molecule has 2 aromatic carbocycles. The zero-order valence-corrected chi connectivity index (χ0v) is 19.5. The third-order valence-corrected chi connectivity index (χ3v) is 5.84. The van der Waals surface area contributed by atoms with Crippen molar-refractivity contribution in [2.75, 3.05) is 11.9 Å². The lowest BCUT2D eigenvalue weighted by Crippen LogP contribution is -2.47. The Morgan fingerprint density at radius 2 is 1.94 bits per heavy atom. The van der Waals surface area contributed by atoms with E-state index < -0.39 is 12.1 Å². The number of fused-ring (bicyclic) bond motifs is 1. The minimum Gasteiger partial charge on any atom is -0.390 e. The van der Waals surface area contributed by atoms with Crippen molar-refractivity contribution in [2.45, 2.75) is 77.6 Å². The maximum Gasteiger partial charge on any atom is 0.123 e. The van der Waals surface area contributed by atoms with Gasteiger partial charge in [-0.05, 0) is 73.4 Å². The predicted octanol–water partition coefficient (Wildman–Crippen LogP) is 4.57. The second-order valence-electron chi connectivity index (χ2n) is 10.9. The van der Waals surface area contributed by atoms with Gasteiger partial charge in [-0.15, -0.1) is 0 Å². The summed E-state index contributed by atoms with van der Waals surface area (Å²) in [6.45, 7) is 11.5. The first kappa shape index (κ1) is 23.7. The Morgan fingerprint density at radius 1 is 1.19 bits per heavy atom. The Morgan fingerprint density at radius 3 is 2.61 bits per heavy atom. The lowest BCUT2D eigenvalue weighted by Gasteiger charge is -2.40. The molecule has 0 unspecified atom stereocenters. The zero-order valence-electron chi connectivity index (χ0n) is 19.5. The number of nitrogens with two attached hydrogens (primary N) is 1. The maximum absolute atomic E-state index is 13.4. The molecule has 1 aliphatic heterocycles. The van der Waals surface area contributed by atoms with Gasteiger partial charge in [0.05, 0.1) is 6.10 Å². The third-order valence-electron chi connectivity index (χ3n) is 5.84. The van der Waals surface area contributed by atoms with Gasteiger partial charge in [0.1, 0.15) is 5.82 Å². The van der Waals surface area contributed by atoms with Gasteiger partial charge in [-0.1, -0.05) is 45.0 Å². The molecule has 0 aliphatic carbocycles. The highest BCUT2D eigenvalue weighted by atomic mass is 19.1. The van der Waals surface area contributed by atoms with E-state index in [4.69, 9.17) is 5.73 Å². The van der Waals surface area contributed by atoms with Gasteiger partial charge in [0.25, 0.3) is 0 Å². The standard InChI is InChI=1S/C26H38FN3O/c1-25(2,3)14-18-9-10-22-20(12-18)23(15-26(4,5)30-22)29-16-24(31)21(28)13-17-7-6-8-19(27)11-17/h6-12,21,23-24,29-31H,13-16,28H2,1-5H3/t21-,23-,24+/m0/s1. The second-order valence-corrected chi connectivity index (χ2v) is 10.9. The Labute approximate surface area is 186 Å². The summed E-state index contributed by atoms with van der Waals surface area (Å²) in [6.07, 6.45) is 1.63. The SMILES string of the molecule is CC(C)(C)Cc1ccc2c(c1)[C@@H](NC[C@@H](O)[C@@H](N)Cc1cccc(F)c1)CC(C)(C)N2. The molecule has 3 rings (SSSR count). The Bertz CT molecular complexity index is 890. The molecule has 1 aliphatic rings. The first-order chi connectivity index (χ1) is 14.4. The van der Waals surface area contributed by atoms with Crippen LogP contribution in [0.3, 0.4) is 0 Å². The molecule has 3 atom stereocenters. The molecular formula is C26H38FN3O. The second kappa shape index (κ2) is 9.27. The average molecular weight is 428 g/mol. The van der Waals surface area contributed by atoms with Gasteiger partial charge in [0.15, 0.2) is 0 Å². The summed E-state index contributed by atoms with van der Waals surface area (Å²) in [4.78, 5) is 0. The molecule has 31 heavy (non-hydrogen) atoms. The number of aliphatic hydroxyl groups is 1. The van der Waals surface area contributed by atoms with Gasteiger partial charge in [0, 0.05) is 29.9 Å². The van der Waals surface area contributed by atoms with E-state index in [1.807, 2.05) is 6.07 Å². The fraction of sp³-hybridized carbons (Fsp3) is 0.538. The smallest absolute Gasteiger partial charge is 0.123 e. The van der Waals surface area contributed by atoms with Crippen LogP contribution in [0.2, 0.25) is 0 Å². The van der Waals surface area contributed by atoms with Gasteiger partial charge in [-0.3, -0.25) is 0 Å². The normalized spacial score (nSPS) is 19.9. The van der Waals surface area contributed by atoms with Crippen molar-refractivity contribution in [1.82, 2.24) is 5.32 Å². The van der Waals surface area contributed by atoms with Crippen molar-refractivity contribution < 1.29 is 9.50 Å². The van der Waals surface area contributed by atoms with Crippen LogP contribution < -0.4 is 16.4 Å². The molecule has 1 heterocycles. The molecule has 0 radical (unpaired) electrons. The lowest BCUT2D eigenvalue weighted by atomic mass is 9.82. The van der Waals surface area contributed by atoms with Gasteiger partial charge >= 0.3 is 0 Å². The molecule has 4 nitrogen and oxygen atoms in total. The minimum absolute atomic E-state index is 0.0507. The molecule has 0 aromatic heterocycles. The van der Waals surface area contributed by atoms with Crippen molar-refractivity contribution in [2.24, 2.45) is 11.1 Å². The predicted molar refractivity (Wildman–Crippen MR) is 127 cm³/mol. The van der Waals surface area contributed by atoms with Crippen LogP contribution >= 0.6 is 0 Å². The van der Waals surface area contributed by atoms with E-state index in [0.717, 1.165) is 24.1 Å². The summed E-state index contributed by atoms with van der Waals surface area (Å²) in [5, 5.41) is 17.9. The van der Waals surface area contributed by atoms with Crippen molar-refractivity contribution in [3.63, 3.8) is 0 Å². The number of aliphatic hydroxyl groups excluding tert-OH is 1. The van der Waals surface area contributed by atoms with Crippen LogP contribution in [0.4, 0.5) is 10.1 Å². The van der Waals surface area contributed by atoms with E-state index in [-0.39, 0.29) is 22.8 Å². The van der Waals surface area contributed by atoms with Crippen molar-refractivity contribution in [3.8, 4) is 0 Å². The van der Waals surface area contributed by atoms with Crippen LogP contribution in [0.1, 0.15) is 63.8 Å². The monoisotopic (exact) mass is 427 g/mol. The van der Waals surface area contributed by atoms with Crippen molar-refractivity contribution in [3.05, 3.63) is 65.0 Å². The molecule has 0 saturated heterocycles. The molecule has 0 spiro atoms. The van der Waals surface area contributed by atoms with Crippen LogP contribution in [0.5, 0.6) is 0 Å². The lowest BCUT2D eigenvalue weighted by molar-refractivity contribution is 0.135. The zero-order chi connectivity index (χ0) is 22.8. The van der Waals surface area contributed by atoms with E-state index in [0.29, 0.717) is 13.0 Å². The van der Waals surface area contributed by atoms with Gasteiger partial charge in [-0.2, -0.15) is 0 Å². The number of benzene rings is 2. The third kappa shape index (κ3) is 6.76. The highest BCUT2D eigenvalue weighted by Crippen LogP contribution is 2.38. The maximum atomic E-state index is 13.4. The van der Waals surface area contributed by atoms with Crippen molar-refractivity contribution >= 4 is 5.69 Å². The topological polar surface area (TPSA) is 70.3 Å². The van der Waals surface area contributed by atoms with E-state index >= 15 is 0 Å². The summed E-state index contributed by atoms with van der Waals surface area (Å²) >= 11 is 0. The summed E-state index contributed by atoms with van der Waals surface area (Å²) in [6, 6.07) is 12.7. The van der Waals surface area contributed by atoms with Crippen molar-refractivity contribution in [1.29, 1.82) is 0 Å². The summed E-state index contributed by atoms with van der Waals surface area (Å²) < 4.78 is 13.4. The van der Waals surface area contributed by atoms with Crippen LogP contribution in [0.25, 0.3) is 0 Å². The van der Waals surface area contributed by atoms with E-state index in [9.17, 15) is 9.50 Å². The van der Waals surface area contributed by atoms with Gasteiger partial charge in [0.2, 0.25) is 0 Å². The molecule has 170 valence electrons. The van der Waals surface area contributed by atoms with Crippen LogP contribution in [0, 0.1) is 11.2 Å². The first-order valence-electron chi connectivity index (χ1n) is 11.2. The molecule has 0 fully saturated rings. The fourth-order valence-electron chi connectivity index (χ4n) is 4.44. The number of hydrogen-bond donors (Lipinski definition) is 4. The molecule has 2 aromatic rings. The van der Waals surface area contributed by atoms with Crippen LogP contribution in [-0.4, -0.2) is 29.3 Å². The highest BCUT2D eigenvalue weighted by molar-refractivity contribution is 5.58. The summed E-state index contributed by atoms with van der Waals surface area (Å²) in [5.74, 6) is -0.281. The largest absolute Gasteiger partial charge is 0.390 e. The summed E-state index contributed by atoms with van der Waals surface area (Å²) in [5.41, 5.74) is 10.9. The Balaban J connectivity index is 1.69. The van der Waals surface area contributed by atoms with Gasteiger partial charge < -0.3 is 21.5 Å². The Kier molecular flexibility index (Phi) is 7.09. The molecular weight excluding hydrogens is 389 g/mol. The number of hydrogen-bond acceptors (Lipinski definition) is 4. The van der Waals surface area contributed by atoms with E-state index in [1.54, 1.807) is 6.07 Å². The van der Waals surface area contributed by atoms with E-state index in [2.05, 4.69) is 63.5 Å². The molecule has 0 bridgehead atoms. The average Bonchev–Trinajstić information content (AvgIpc) is 2.64. The minimum atomic E-state index is -0.720. The van der Waals surface area contributed by atoms with Crippen LogP contribution in [0.15, 0.2) is 42.5 Å². The van der Waals surface area contributed by atoms with Gasteiger partial charge in [-0.25, -0.2) is 4.39 Å². The highest BCUT2D eigenvalue weighted by Gasteiger charge is 2.32. The van der Waals surface area contributed by atoms with Crippen LogP contribution in [-0.2, 0) is 12.8 Å². The number of nitrogens with one attached hydrogen (secondary N) is 2. The summed E-state index contributed by atoms with van der Waals surface area (Å²) in [7, 11) is 0. The fourth-order valence-corrected chi connectivity index (χ4v) is 4.44. The number of anilines is 1. The Hall–Kier alpha value is -1.95. The molecule has 0 saturated carbocycles. The van der Waals surface area contributed by atoms with E-state index in [1.165, 1.54) is 23.3 Å². The molecule has 5 heteroatoms. The quantitative estimate of drug-likeness (QED) is 0.522. The molecule has 5 N–H and O–H groups in total. The number of halogens is 1. The number of rotatable bonds is 7. The first-order valence-corrected chi connectivity index (χ1v) is 11.2.